The van der Waals surface area contributed by atoms with Gasteiger partial charge in [-0.05, 0) is 49.1 Å². The molecule has 2 unspecified atom stereocenters. The number of alkyl halides is 3. The SMILES string of the molecule is COc1cc2c(c(OC)c1)C(c1cccc(OC(F)(F)F)c1)N(S(=O)(=O)C1(C)C=C([N+](=O)[O-])C(Cl)=CC1)CC2. The Bertz CT molecular complexity index is 1460. The summed E-state index contributed by atoms with van der Waals surface area (Å²) in [6.45, 7) is 1.27. The molecule has 9 nitrogen and oxygen atoms in total. The van der Waals surface area contributed by atoms with Crippen molar-refractivity contribution in [3.05, 3.63) is 86.1 Å². The van der Waals surface area contributed by atoms with Crippen molar-refractivity contribution in [3.63, 3.8) is 0 Å². The molecule has 14 heteroatoms. The number of methoxy groups -OCH3 is 2. The second-order valence-electron chi connectivity index (χ2n) is 9.15. The van der Waals surface area contributed by atoms with E-state index in [0.29, 0.717) is 16.9 Å². The molecule has 1 heterocycles. The largest absolute Gasteiger partial charge is 0.573 e. The molecule has 210 valence electrons. The molecule has 4 rings (SSSR count). The summed E-state index contributed by atoms with van der Waals surface area (Å²) in [6, 6.07) is 7.12. The van der Waals surface area contributed by atoms with Gasteiger partial charge in [-0.15, -0.1) is 13.2 Å². The Morgan fingerprint density at radius 2 is 1.87 bits per heavy atom. The predicted octanol–water partition coefficient (Wildman–Crippen LogP) is 5.33. The van der Waals surface area contributed by atoms with Gasteiger partial charge in [-0.1, -0.05) is 29.8 Å². The molecule has 0 bridgehead atoms. The maximum Gasteiger partial charge on any atom is 0.573 e. The highest BCUT2D eigenvalue weighted by Gasteiger charge is 2.50. The zero-order valence-electron chi connectivity index (χ0n) is 21.0. The number of nitrogens with zero attached hydrogens (tertiary/aromatic N) is 2. The van der Waals surface area contributed by atoms with E-state index in [1.54, 1.807) is 12.1 Å². The van der Waals surface area contributed by atoms with Gasteiger partial charge in [0.05, 0.1) is 25.2 Å². The first-order valence-corrected chi connectivity index (χ1v) is 13.4. The van der Waals surface area contributed by atoms with Crippen LogP contribution in [0.5, 0.6) is 17.2 Å². The minimum atomic E-state index is -4.97. The Balaban J connectivity index is 1.93. The molecule has 0 spiro atoms. The van der Waals surface area contributed by atoms with Gasteiger partial charge in [-0.2, -0.15) is 4.31 Å². The molecule has 1 aliphatic carbocycles. The fourth-order valence-corrected chi connectivity index (χ4v) is 6.97. The number of ether oxygens (including phenoxy) is 3. The fraction of sp³-hybridized carbons (Fsp3) is 0.360. The van der Waals surface area contributed by atoms with Gasteiger partial charge in [-0.3, -0.25) is 10.1 Å². The van der Waals surface area contributed by atoms with Crippen LogP contribution in [0.3, 0.4) is 0 Å². The normalized spacial score (nSPS) is 21.9. The summed E-state index contributed by atoms with van der Waals surface area (Å²) >= 11 is 5.98. The van der Waals surface area contributed by atoms with E-state index in [-0.39, 0.29) is 35.7 Å². The average molecular weight is 589 g/mol. The molecule has 2 aromatic carbocycles. The zero-order valence-corrected chi connectivity index (χ0v) is 22.6. The van der Waals surface area contributed by atoms with Crippen molar-refractivity contribution in [3.8, 4) is 17.2 Å². The molecule has 0 amide bonds. The van der Waals surface area contributed by atoms with Crippen molar-refractivity contribution >= 4 is 21.6 Å². The molecule has 2 aliphatic rings. The molecule has 0 radical (unpaired) electrons. The topological polar surface area (TPSA) is 108 Å². The Kier molecular flexibility index (Phi) is 7.63. The Labute approximate surface area is 227 Å². The van der Waals surface area contributed by atoms with Crippen LogP contribution in [0.15, 0.2) is 59.3 Å². The fourth-order valence-electron chi connectivity index (χ4n) is 4.84. The van der Waals surface area contributed by atoms with Crippen molar-refractivity contribution in [2.45, 2.75) is 36.9 Å². The van der Waals surface area contributed by atoms with E-state index in [4.69, 9.17) is 21.1 Å². The number of allylic oxidation sites excluding steroid dienone is 2. The smallest absolute Gasteiger partial charge is 0.497 e. The Morgan fingerprint density at radius 1 is 1.15 bits per heavy atom. The van der Waals surface area contributed by atoms with Crippen molar-refractivity contribution < 1.29 is 40.7 Å². The van der Waals surface area contributed by atoms with E-state index in [1.807, 2.05) is 0 Å². The molecule has 39 heavy (non-hydrogen) atoms. The third-order valence-corrected chi connectivity index (χ3v) is 9.52. The highest BCUT2D eigenvalue weighted by Crippen LogP contribution is 2.47. The number of sulfonamides is 1. The molecule has 0 N–H and O–H groups in total. The van der Waals surface area contributed by atoms with E-state index in [1.165, 1.54) is 39.4 Å². The van der Waals surface area contributed by atoms with Crippen LogP contribution < -0.4 is 14.2 Å². The highest BCUT2D eigenvalue weighted by atomic mass is 35.5. The van der Waals surface area contributed by atoms with Crippen molar-refractivity contribution in [2.24, 2.45) is 0 Å². The highest BCUT2D eigenvalue weighted by molar-refractivity contribution is 7.90. The van der Waals surface area contributed by atoms with Gasteiger partial charge in [0.1, 0.15) is 27.0 Å². The Hall–Kier alpha value is -3.29. The van der Waals surface area contributed by atoms with Gasteiger partial charge in [0.15, 0.2) is 0 Å². The molecule has 0 saturated carbocycles. The number of benzene rings is 2. The van der Waals surface area contributed by atoms with Crippen LogP contribution >= 0.6 is 11.6 Å². The number of halogens is 4. The summed E-state index contributed by atoms with van der Waals surface area (Å²) in [5.74, 6) is 0.174. The van der Waals surface area contributed by atoms with Gasteiger partial charge in [0.2, 0.25) is 10.0 Å². The summed E-state index contributed by atoms with van der Waals surface area (Å²) in [5.41, 5.74) is 0.703. The van der Waals surface area contributed by atoms with Crippen LogP contribution in [0.1, 0.15) is 36.1 Å². The Morgan fingerprint density at radius 3 is 2.49 bits per heavy atom. The molecule has 0 aromatic heterocycles. The molecule has 0 saturated heterocycles. The number of hydrogen-bond donors (Lipinski definition) is 0. The number of nitro groups is 1. The minimum Gasteiger partial charge on any atom is -0.497 e. The van der Waals surface area contributed by atoms with Crippen molar-refractivity contribution in [2.75, 3.05) is 20.8 Å². The summed E-state index contributed by atoms with van der Waals surface area (Å²) in [5, 5.41) is 11.4. The summed E-state index contributed by atoms with van der Waals surface area (Å²) in [7, 11) is -1.57. The first kappa shape index (κ1) is 28.7. The lowest BCUT2D eigenvalue weighted by Gasteiger charge is -2.42. The quantitative estimate of drug-likeness (QED) is 0.318. The zero-order chi connectivity index (χ0) is 28.8. The van der Waals surface area contributed by atoms with Crippen molar-refractivity contribution in [1.82, 2.24) is 4.31 Å². The van der Waals surface area contributed by atoms with E-state index in [2.05, 4.69) is 4.74 Å². The maximum absolute atomic E-state index is 14.3. The van der Waals surface area contributed by atoms with E-state index in [9.17, 15) is 31.7 Å². The lowest BCUT2D eigenvalue weighted by molar-refractivity contribution is -0.420. The number of rotatable bonds is 7. The standard InChI is InChI=1S/C25H24ClF3N2O7S/c1-24(9-7-19(26)20(14-24)31(32)33)39(34,35)30-10-8-15-11-18(36-2)13-21(37-3)22(15)23(30)16-5-4-6-17(12-16)38-25(27,28)29/h4-7,11-14,23H,8-10H2,1-3H3. The van der Waals surface area contributed by atoms with E-state index in [0.717, 1.165) is 22.5 Å². The first-order valence-electron chi connectivity index (χ1n) is 11.6. The van der Waals surface area contributed by atoms with E-state index < -0.39 is 43.5 Å². The monoisotopic (exact) mass is 588 g/mol. The molecule has 0 fully saturated rings. The molecular formula is C25H24ClF3N2O7S. The summed E-state index contributed by atoms with van der Waals surface area (Å²) in [6.07, 6.45) is -2.63. The number of hydrogen-bond acceptors (Lipinski definition) is 7. The summed E-state index contributed by atoms with van der Waals surface area (Å²) in [4.78, 5) is 10.8. The minimum absolute atomic E-state index is 0.0741. The molecular weight excluding hydrogens is 565 g/mol. The first-order chi connectivity index (χ1) is 18.2. The van der Waals surface area contributed by atoms with Gasteiger partial charge in [-0.25, -0.2) is 8.42 Å². The average Bonchev–Trinajstić information content (AvgIpc) is 2.87. The lowest BCUT2D eigenvalue weighted by atomic mass is 9.88. The van der Waals surface area contributed by atoms with Crippen LogP contribution in [-0.2, 0) is 16.4 Å². The molecule has 2 aromatic rings. The lowest BCUT2D eigenvalue weighted by Crippen LogP contribution is -2.50. The van der Waals surface area contributed by atoms with Gasteiger partial charge >= 0.3 is 6.36 Å². The second kappa shape index (κ2) is 10.4. The third-order valence-electron chi connectivity index (χ3n) is 6.70. The summed E-state index contributed by atoms with van der Waals surface area (Å²) < 4.78 is 82.0. The van der Waals surface area contributed by atoms with Gasteiger partial charge < -0.3 is 14.2 Å². The second-order valence-corrected chi connectivity index (χ2v) is 11.9. The molecule has 1 aliphatic heterocycles. The van der Waals surface area contributed by atoms with Crippen molar-refractivity contribution in [1.29, 1.82) is 0 Å². The predicted molar refractivity (Wildman–Crippen MR) is 136 cm³/mol. The van der Waals surface area contributed by atoms with Crippen LogP contribution in [0.4, 0.5) is 13.2 Å². The van der Waals surface area contributed by atoms with Crippen LogP contribution in [0, 0.1) is 10.1 Å². The van der Waals surface area contributed by atoms with Crippen LogP contribution in [0.2, 0.25) is 0 Å². The van der Waals surface area contributed by atoms with Gasteiger partial charge in [0.25, 0.3) is 5.70 Å². The van der Waals surface area contributed by atoms with E-state index >= 15 is 0 Å². The maximum atomic E-state index is 14.3. The molecule has 2 atom stereocenters. The number of fused-ring (bicyclic) bond motifs is 1. The third kappa shape index (κ3) is 5.43. The van der Waals surface area contributed by atoms with Crippen LogP contribution in [0.25, 0.3) is 0 Å². The van der Waals surface area contributed by atoms with Gasteiger partial charge in [0, 0.05) is 24.3 Å². The van der Waals surface area contributed by atoms with Crippen LogP contribution in [-0.4, -0.2) is 49.5 Å².